The highest BCUT2D eigenvalue weighted by molar-refractivity contribution is 7.97. The van der Waals surface area contributed by atoms with Crippen molar-refractivity contribution in [1.29, 1.82) is 0 Å². The van der Waals surface area contributed by atoms with E-state index < -0.39 is 11.7 Å². The van der Waals surface area contributed by atoms with E-state index in [1.165, 1.54) is 23.9 Å². The summed E-state index contributed by atoms with van der Waals surface area (Å²) in [6.07, 6.45) is -0.885. The summed E-state index contributed by atoms with van der Waals surface area (Å²) in [6.45, 7) is 1.48. The van der Waals surface area contributed by atoms with Crippen LogP contribution in [0.3, 0.4) is 0 Å². The van der Waals surface area contributed by atoms with Crippen molar-refractivity contribution in [3.05, 3.63) is 53.2 Å². The van der Waals surface area contributed by atoms with Gasteiger partial charge in [-0.05, 0) is 65.3 Å². The highest BCUT2D eigenvalue weighted by Gasteiger charge is 2.36. The molecule has 0 unspecified atom stereocenters. The number of rotatable bonds is 8. The number of benzene rings is 1. The summed E-state index contributed by atoms with van der Waals surface area (Å²) in [7, 11) is 0. The summed E-state index contributed by atoms with van der Waals surface area (Å²) in [5.41, 5.74) is 1.04. The van der Waals surface area contributed by atoms with Gasteiger partial charge >= 0.3 is 6.18 Å². The normalized spacial score (nSPS) is 15.0. The van der Waals surface area contributed by atoms with E-state index in [1.54, 1.807) is 12.4 Å². The molecule has 3 N–H and O–H groups in total. The van der Waals surface area contributed by atoms with Gasteiger partial charge in [0.1, 0.15) is 11.5 Å². The third-order valence-electron chi connectivity index (χ3n) is 4.51. The van der Waals surface area contributed by atoms with Crippen LogP contribution in [0.15, 0.2) is 46.9 Å². The number of nitrogens with two attached hydrogens (primary N) is 1. The lowest BCUT2D eigenvalue weighted by Crippen LogP contribution is -2.40. The Balaban J connectivity index is 1.21. The molecular formula is C18H17F3N6OS3. The molecule has 4 rings (SSSR count). The Morgan fingerprint density at radius 2 is 1.90 bits per heavy atom. The molecule has 31 heavy (non-hydrogen) atoms. The van der Waals surface area contributed by atoms with Gasteiger partial charge in [-0.25, -0.2) is 14.3 Å². The van der Waals surface area contributed by atoms with E-state index in [0.29, 0.717) is 5.95 Å². The molecule has 3 heterocycles. The topological polar surface area (TPSA) is 89.2 Å². The SMILES string of the molecule is NSc1ccc(Nc2ncc(C3CN(SCOc4nscc4C(F)(F)F)C3)cn2)cc1. The zero-order valence-electron chi connectivity index (χ0n) is 15.9. The molecule has 1 aromatic carbocycles. The molecular weight excluding hydrogens is 469 g/mol. The average molecular weight is 487 g/mol. The number of nitrogens with zero attached hydrogens (tertiary/aromatic N) is 4. The third-order valence-corrected chi connectivity index (χ3v) is 6.55. The summed E-state index contributed by atoms with van der Waals surface area (Å²) in [4.78, 5) is 9.68. The zero-order valence-corrected chi connectivity index (χ0v) is 18.3. The van der Waals surface area contributed by atoms with Crippen LogP contribution in [0.5, 0.6) is 5.88 Å². The first-order valence-electron chi connectivity index (χ1n) is 9.00. The Kier molecular flexibility index (Phi) is 6.86. The second kappa shape index (κ2) is 9.61. The smallest absolute Gasteiger partial charge is 0.422 e. The number of ether oxygens (including phenoxy) is 1. The molecule has 0 saturated carbocycles. The predicted octanol–water partition coefficient (Wildman–Crippen LogP) is 4.75. The molecule has 0 bridgehead atoms. The number of halogens is 3. The molecule has 1 aliphatic rings. The molecule has 1 saturated heterocycles. The second-order valence-electron chi connectivity index (χ2n) is 6.57. The van der Waals surface area contributed by atoms with Gasteiger partial charge in [0.05, 0.1) is 0 Å². The van der Waals surface area contributed by atoms with E-state index >= 15 is 0 Å². The number of hydrogen-bond acceptors (Lipinski definition) is 10. The first-order chi connectivity index (χ1) is 14.9. The van der Waals surface area contributed by atoms with Gasteiger partial charge in [-0.3, -0.25) is 5.14 Å². The fourth-order valence-electron chi connectivity index (χ4n) is 2.79. The molecule has 0 aliphatic carbocycles. The number of alkyl halides is 3. The van der Waals surface area contributed by atoms with Crippen LogP contribution in [-0.2, 0) is 6.18 Å². The molecule has 1 aliphatic heterocycles. The lowest BCUT2D eigenvalue weighted by molar-refractivity contribution is -0.138. The molecule has 2 aromatic heterocycles. The second-order valence-corrected chi connectivity index (χ2v) is 8.92. The maximum atomic E-state index is 12.8. The number of hydrogen-bond donors (Lipinski definition) is 2. The molecule has 164 valence electrons. The summed E-state index contributed by atoms with van der Waals surface area (Å²) in [5, 5.41) is 9.60. The number of nitrogens with one attached hydrogen (secondary N) is 1. The van der Waals surface area contributed by atoms with Gasteiger partial charge < -0.3 is 10.1 Å². The number of aromatic nitrogens is 3. The maximum Gasteiger partial charge on any atom is 0.422 e. The van der Waals surface area contributed by atoms with Gasteiger partial charge in [0.2, 0.25) is 11.8 Å². The van der Waals surface area contributed by atoms with Crippen molar-refractivity contribution in [3.63, 3.8) is 0 Å². The van der Waals surface area contributed by atoms with Gasteiger partial charge in [-0.15, -0.1) is 0 Å². The van der Waals surface area contributed by atoms with E-state index in [-0.39, 0.29) is 17.7 Å². The zero-order chi connectivity index (χ0) is 21.8. The Bertz CT molecular complexity index is 994. The monoisotopic (exact) mass is 486 g/mol. The first kappa shape index (κ1) is 22.1. The van der Waals surface area contributed by atoms with Crippen LogP contribution in [0.4, 0.5) is 24.8 Å². The standard InChI is InChI=1S/C18H17F3N6OS3/c19-18(20,21)15-9-29-26-16(15)28-10-30-27-7-12(8-27)11-5-23-17(24-6-11)25-13-1-3-14(31-22)4-2-13/h1-6,9,12H,7-8,10,22H2,(H,23,24,25). The van der Waals surface area contributed by atoms with E-state index in [9.17, 15) is 13.2 Å². The van der Waals surface area contributed by atoms with Crippen molar-refractivity contribution in [2.75, 3.05) is 24.3 Å². The summed E-state index contributed by atoms with van der Waals surface area (Å²) in [6, 6.07) is 7.62. The van der Waals surface area contributed by atoms with Gasteiger partial charge in [0, 0.05) is 47.4 Å². The summed E-state index contributed by atoms with van der Waals surface area (Å²) in [5.74, 6) is 0.474. The van der Waals surface area contributed by atoms with Crippen LogP contribution in [-0.4, -0.2) is 37.7 Å². The Labute approximate surface area is 189 Å². The fourth-order valence-corrected chi connectivity index (χ4v) is 4.61. The Morgan fingerprint density at radius 1 is 1.19 bits per heavy atom. The Morgan fingerprint density at radius 3 is 2.55 bits per heavy atom. The number of anilines is 2. The van der Waals surface area contributed by atoms with Crippen LogP contribution in [0.1, 0.15) is 17.0 Å². The minimum atomic E-state index is -4.46. The molecule has 0 spiro atoms. The van der Waals surface area contributed by atoms with Crippen LogP contribution in [0.2, 0.25) is 0 Å². The van der Waals surface area contributed by atoms with Crippen molar-refractivity contribution in [2.24, 2.45) is 5.14 Å². The minimum absolute atomic E-state index is 0.0698. The highest BCUT2D eigenvalue weighted by atomic mass is 32.2. The quantitative estimate of drug-likeness (QED) is 0.346. The van der Waals surface area contributed by atoms with Gasteiger partial charge in [0.15, 0.2) is 0 Å². The van der Waals surface area contributed by atoms with Crippen molar-refractivity contribution in [3.8, 4) is 5.88 Å². The molecule has 3 aromatic rings. The third kappa shape index (κ3) is 5.60. The molecule has 0 radical (unpaired) electrons. The van der Waals surface area contributed by atoms with Crippen LogP contribution in [0, 0.1) is 0 Å². The molecule has 1 fully saturated rings. The molecule has 0 amide bonds. The van der Waals surface area contributed by atoms with E-state index in [4.69, 9.17) is 9.88 Å². The van der Waals surface area contributed by atoms with Crippen LogP contribution >= 0.6 is 35.4 Å². The van der Waals surface area contributed by atoms with Gasteiger partial charge in [-0.1, -0.05) is 0 Å². The van der Waals surface area contributed by atoms with Crippen molar-refractivity contribution < 1.29 is 17.9 Å². The molecule has 0 atom stereocenters. The van der Waals surface area contributed by atoms with Gasteiger partial charge in [-0.2, -0.15) is 17.5 Å². The first-order valence-corrected chi connectivity index (χ1v) is 11.7. The predicted molar refractivity (Wildman–Crippen MR) is 116 cm³/mol. The van der Waals surface area contributed by atoms with Gasteiger partial charge in [0.25, 0.3) is 0 Å². The minimum Gasteiger partial charge on any atom is -0.464 e. The Hall–Kier alpha value is -2.06. The van der Waals surface area contributed by atoms with E-state index in [0.717, 1.165) is 46.1 Å². The lowest BCUT2D eigenvalue weighted by atomic mass is 9.96. The fraction of sp³-hybridized carbons (Fsp3) is 0.278. The molecule has 7 nitrogen and oxygen atoms in total. The summed E-state index contributed by atoms with van der Waals surface area (Å²) >= 11 is 3.24. The van der Waals surface area contributed by atoms with E-state index in [2.05, 4.69) is 19.7 Å². The molecule has 13 heteroatoms. The summed E-state index contributed by atoms with van der Waals surface area (Å²) < 4.78 is 49.3. The largest absolute Gasteiger partial charge is 0.464 e. The van der Waals surface area contributed by atoms with Crippen molar-refractivity contribution in [2.45, 2.75) is 17.0 Å². The highest BCUT2D eigenvalue weighted by Crippen LogP contribution is 2.37. The van der Waals surface area contributed by atoms with Crippen LogP contribution < -0.4 is 15.2 Å². The maximum absolute atomic E-state index is 12.8. The average Bonchev–Trinajstić information content (AvgIpc) is 3.20. The van der Waals surface area contributed by atoms with Crippen molar-refractivity contribution >= 4 is 47.1 Å². The van der Waals surface area contributed by atoms with E-state index in [1.807, 2.05) is 28.6 Å². The van der Waals surface area contributed by atoms with Crippen LogP contribution in [0.25, 0.3) is 0 Å². The lowest BCUT2D eigenvalue weighted by Gasteiger charge is -2.37. The van der Waals surface area contributed by atoms with Crippen molar-refractivity contribution in [1.82, 2.24) is 18.6 Å².